The largest absolute Gasteiger partial charge is 0.310 e. The lowest BCUT2D eigenvalue weighted by Crippen LogP contribution is -2.27. The van der Waals surface area contributed by atoms with Gasteiger partial charge in [-0.3, -0.25) is 0 Å². The Bertz CT molecular complexity index is 2270. The Morgan fingerprint density at radius 1 is 0.768 bits per heavy atom. The third-order valence-corrected chi connectivity index (χ3v) is 13.6. The molecule has 3 aliphatic rings. The van der Waals surface area contributed by atoms with Crippen LogP contribution in [0.4, 0.5) is 17.1 Å². The number of allylic oxidation sites excluding steroid dienone is 12. The van der Waals surface area contributed by atoms with Crippen LogP contribution in [-0.2, 0) is 21.7 Å². The second-order valence-corrected chi connectivity index (χ2v) is 20.5. The number of nitrogens with zero attached hydrogens (tertiary/aromatic N) is 1. The van der Waals surface area contributed by atoms with Crippen LogP contribution < -0.4 is 4.90 Å². The first-order valence-electron chi connectivity index (χ1n) is 21.0. The average molecular weight is 744 g/mol. The summed E-state index contributed by atoms with van der Waals surface area (Å²) in [4.78, 5) is 2.61. The number of rotatable bonds is 7. The van der Waals surface area contributed by atoms with Crippen LogP contribution in [0.25, 0.3) is 16.7 Å². The first kappa shape index (κ1) is 41.3. The first-order valence-corrected chi connectivity index (χ1v) is 21.0. The topological polar surface area (TPSA) is 3.24 Å². The van der Waals surface area contributed by atoms with Gasteiger partial charge in [0.1, 0.15) is 0 Å². The minimum absolute atomic E-state index is 0.0261. The summed E-state index contributed by atoms with van der Waals surface area (Å²) in [6, 6.07) is 19.6. The molecule has 56 heavy (non-hydrogen) atoms. The molecule has 0 spiro atoms. The molecule has 0 aromatic heterocycles. The van der Waals surface area contributed by atoms with Crippen molar-refractivity contribution in [2.45, 2.75) is 145 Å². The van der Waals surface area contributed by atoms with E-state index in [0.717, 1.165) is 24.8 Å². The highest BCUT2D eigenvalue weighted by Gasteiger charge is 2.41. The molecule has 3 aromatic carbocycles. The van der Waals surface area contributed by atoms with E-state index < -0.39 is 0 Å². The molecule has 0 atom stereocenters. The molecule has 0 fully saturated rings. The number of anilines is 3. The zero-order valence-electron chi connectivity index (χ0n) is 37.6. The minimum Gasteiger partial charge on any atom is -0.310 e. The van der Waals surface area contributed by atoms with Gasteiger partial charge in [0.25, 0.3) is 0 Å². The van der Waals surface area contributed by atoms with E-state index in [-0.39, 0.29) is 27.1 Å². The molecule has 0 radical (unpaired) electrons. The van der Waals surface area contributed by atoms with Crippen molar-refractivity contribution in [3.8, 4) is 0 Å². The molecule has 0 unspecified atom stereocenters. The van der Waals surface area contributed by atoms with Gasteiger partial charge in [-0.25, -0.2) is 0 Å². The molecule has 3 aliphatic carbocycles. The maximum absolute atomic E-state index is 4.44. The Labute approximate surface area is 341 Å². The van der Waals surface area contributed by atoms with E-state index in [1.165, 1.54) is 83.9 Å². The van der Waals surface area contributed by atoms with Crippen molar-refractivity contribution in [3.63, 3.8) is 0 Å². The molecular formula is C55H69N. The van der Waals surface area contributed by atoms with Gasteiger partial charge in [0.2, 0.25) is 0 Å². The summed E-state index contributed by atoms with van der Waals surface area (Å²) in [5.41, 5.74) is 21.4. The minimum atomic E-state index is -0.121. The lowest BCUT2D eigenvalue weighted by Gasteiger charge is -2.39. The molecule has 0 N–H and O–H groups in total. The summed E-state index contributed by atoms with van der Waals surface area (Å²) >= 11 is 0. The first-order chi connectivity index (χ1) is 26.0. The number of benzene rings is 3. The third kappa shape index (κ3) is 6.99. The van der Waals surface area contributed by atoms with E-state index in [2.05, 4.69) is 201 Å². The highest BCUT2D eigenvalue weighted by atomic mass is 15.1. The van der Waals surface area contributed by atoms with Gasteiger partial charge in [-0.2, -0.15) is 0 Å². The summed E-state index contributed by atoms with van der Waals surface area (Å²) < 4.78 is 0. The van der Waals surface area contributed by atoms with E-state index in [0.29, 0.717) is 0 Å². The second kappa shape index (κ2) is 14.2. The van der Waals surface area contributed by atoms with Gasteiger partial charge in [-0.05, 0) is 137 Å². The van der Waals surface area contributed by atoms with Gasteiger partial charge in [-0.15, -0.1) is 0 Å². The average Bonchev–Trinajstić information content (AvgIpc) is 3.49. The smallest absolute Gasteiger partial charge is 0.0542 e. The predicted molar refractivity (Wildman–Crippen MR) is 249 cm³/mol. The molecule has 1 nitrogen and oxygen atoms in total. The fourth-order valence-corrected chi connectivity index (χ4v) is 9.42. The molecule has 294 valence electrons. The van der Waals surface area contributed by atoms with Crippen LogP contribution in [-0.4, -0.2) is 0 Å². The van der Waals surface area contributed by atoms with Crippen LogP contribution in [0.1, 0.15) is 162 Å². The van der Waals surface area contributed by atoms with Crippen molar-refractivity contribution < 1.29 is 0 Å². The SMILES string of the molecule is C=C/C=C1\C/C(=C\C)C(C)(C)c2cc(N(c3ccc4c(c3)C(C)(C)C/C4=C\C)c3cc(C(C)(C)C)cc4c3C(C/C=C\C(=C)C(C)(C)C)=C(C)C4(C)C)ccc21. The van der Waals surface area contributed by atoms with Crippen LogP contribution in [0.5, 0.6) is 0 Å². The van der Waals surface area contributed by atoms with E-state index in [1.54, 1.807) is 0 Å². The van der Waals surface area contributed by atoms with Gasteiger partial charge in [0.05, 0.1) is 5.69 Å². The summed E-state index contributed by atoms with van der Waals surface area (Å²) in [5, 5.41) is 0. The Kier molecular flexibility index (Phi) is 10.5. The summed E-state index contributed by atoms with van der Waals surface area (Å²) in [5.74, 6) is 0. The van der Waals surface area contributed by atoms with E-state index >= 15 is 0 Å². The van der Waals surface area contributed by atoms with Crippen molar-refractivity contribution in [2.75, 3.05) is 4.90 Å². The molecule has 0 heterocycles. The quantitative estimate of drug-likeness (QED) is 0.172. The zero-order chi connectivity index (χ0) is 41.3. The lowest BCUT2D eigenvalue weighted by molar-refractivity contribution is 0.519. The monoisotopic (exact) mass is 744 g/mol. The lowest BCUT2D eigenvalue weighted by atomic mass is 9.67. The zero-order valence-corrected chi connectivity index (χ0v) is 37.6. The van der Waals surface area contributed by atoms with Crippen molar-refractivity contribution in [1.29, 1.82) is 0 Å². The summed E-state index contributed by atoms with van der Waals surface area (Å²) in [6.07, 6.45) is 16.3. The molecule has 0 aliphatic heterocycles. The summed E-state index contributed by atoms with van der Waals surface area (Å²) in [7, 11) is 0. The predicted octanol–water partition coefficient (Wildman–Crippen LogP) is 16.3. The van der Waals surface area contributed by atoms with Gasteiger partial charge in [-0.1, -0.05) is 168 Å². The van der Waals surface area contributed by atoms with Crippen LogP contribution in [0.3, 0.4) is 0 Å². The van der Waals surface area contributed by atoms with Gasteiger partial charge in [0, 0.05) is 27.8 Å². The molecule has 3 aromatic rings. The third-order valence-electron chi connectivity index (χ3n) is 13.6. The molecule has 0 saturated heterocycles. The highest BCUT2D eigenvalue weighted by Crippen LogP contribution is 2.56. The summed E-state index contributed by atoms with van der Waals surface area (Å²) in [6.45, 7) is 43.6. The number of hydrogen-bond donors (Lipinski definition) is 0. The Hall–Kier alpha value is -4.36. The molecule has 1 heteroatoms. The fourth-order valence-electron chi connectivity index (χ4n) is 9.42. The van der Waals surface area contributed by atoms with E-state index in [4.69, 9.17) is 0 Å². The second-order valence-electron chi connectivity index (χ2n) is 20.5. The van der Waals surface area contributed by atoms with Crippen molar-refractivity contribution in [2.24, 2.45) is 5.41 Å². The maximum atomic E-state index is 4.44. The molecule has 0 bridgehead atoms. The molecule has 0 saturated carbocycles. The van der Waals surface area contributed by atoms with E-state index in [1.807, 2.05) is 6.08 Å². The van der Waals surface area contributed by atoms with Crippen molar-refractivity contribution in [3.05, 3.63) is 154 Å². The molecular weight excluding hydrogens is 675 g/mol. The highest BCUT2D eigenvalue weighted by molar-refractivity contribution is 5.94. The molecule has 6 rings (SSSR count). The standard InChI is InChI=1S/C55H69N/c1-18-22-38-29-39(20-3)55(16,17)47-33-42(26-28-45(38)47)56(41-25-27-44-37(19-2)34-53(12,13)46(44)32-41)49-31-40(52(9,10)11)30-48-50(49)43(36(5)54(48,14)15)24-21-23-35(4)51(6,7)8/h18-23,25-28,30-33H,1,4,24,29,34H2,2-3,5-17H3/b23-21-,37-19+,38-22+,39-20+. The van der Waals surface area contributed by atoms with Crippen molar-refractivity contribution >= 4 is 33.8 Å². The van der Waals surface area contributed by atoms with E-state index in [9.17, 15) is 0 Å². The van der Waals surface area contributed by atoms with Gasteiger partial charge >= 0.3 is 0 Å². The molecule has 0 amide bonds. The van der Waals surface area contributed by atoms with Crippen LogP contribution >= 0.6 is 0 Å². The number of hydrogen-bond acceptors (Lipinski definition) is 1. The van der Waals surface area contributed by atoms with Gasteiger partial charge in [0.15, 0.2) is 0 Å². The van der Waals surface area contributed by atoms with Crippen LogP contribution in [0.15, 0.2) is 115 Å². The normalized spacial score (nSPS) is 20.5. The Balaban J connectivity index is 1.71. The van der Waals surface area contributed by atoms with Crippen LogP contribution in [0, 0.1) is 5.41 Å². The van der Waals surface area contributed by atoms with Gasteiger partial charge < -0.3 is 4.90 Å². The maximum Gasteiger partial charge on any atom is 0.0542 e. The fraction of sp³-hybridized carbons (Fsp3) is 0.418. The Morgan fingerprint density at radius 3 is 1.93 bits per heavy atom. The van der Waals surface area contributed by atoms with Crippen LogP contribution in [0.2, 0.25) is 0 Å². The number of fused-ring (bicyclic) bond motifs is 3. The van der Waals surface area contributed by atoms with Crippen molar-refractivity contribution in [1.82, 2.24) is 0 Å². The Morgan fingerprint density at radius 2 is 1.38 bits per heavy atom.